The lowest BCUT2D eigenvalue weighted by Gasteiger charge is -2.25. The van der Waals surface area contributed by atoms with Crippen molar-refractivity contribution in [3.63, 3.8) is 0 Å². The van der Waals surface area contributed by atoms with Gasteiger partial charge in [0.2, 0.25) is 5.91 Å². The van der Waals surface area contributed by atoms with Crippen LogP contribution in [-0.4, -0.2) is 48.0 Å². The van der Waals surface area contributed by atoms with E-state index in [9.17, 15) is 9.59 Å². The van der Waals surface area contributed by atoms with Crippen LogP contribution in [0.1, 0.15) is 27.7 Å². The summed E-state index contributed by atoms with van der Waals surface area (Å²) in [5.41, 5.74) is -0.992. The molecule has 0 aliphatic rings. The lowest BCUT2D eigenvalue weighted by molar-refractivity contribution is -0.126. The van der Waals surface area contributed by atoms with Crippen LogP contribution in [0.25, 0.3) is 0 Å². The molecule has 0 aromatic rings. The number of carbonyl (C=O) groups is 2. The summed E-state index contributed by atoms with van der Waals surface area (Å²) >= 11 is 4.14. The molecule has 2 amide bonds. The SMILES string of the molecule is CC(C)(CNCCNC(=O)C(C)(C)NC(=O)O)CSS. The molecule has 0 atom stereocenters. The Balaban J connectivity index is 3.90. The molecule has 0 radical (unpaired) electrons. The first kappa shape index (κ1) is 19.4. The van der Waals surface area contributed by atoms with Gasteiger partial charge >= 0.3 is 6.09 Å². The van der Waals surface area contributed by atoms with E-state index in [4.69, 9.17) is 5.11 Å². The van der Waals surface area contributed by atoms with Gasteiger partial charge < -0.3 is 21.1 Å². The molecule has 0 heterocycles. The Labute approximate surface area is 129 Å². The van der Waals surface area contributed by atoms with Gasteiger partial charge in [-0.3, -0.25) is 4.79 Å². The first-order valence-corrected chi connectivity index (χ1v) is 8.41. The third kappa shape index (κ3) is 8.55. The highest BCUT2D eigenvalue weighted by Gasteiger charge is 2.28. The van der Waals surface area contributed by atoms with E-state index >= 15 is 0 Å². The summed E-state index contributed by atoms with van der Waals surface area (Å²) in [4.78, 5) is 22.3. The summed E-state index contributed by atoms with van der Waals surface area (Å²) in [6.45, 7) is 9.24. The van der Waals surface area contributed by atoms with Crippen molar-refractivity contribution >= 4 is 34.5 Å². The van der Waals surface area contributed by atoms with Crippen LogP contribution in [0, 0.1) is 5.41 Å². The molecular formula is C12H25N3O3S2. The fourth-order valence-corrected chi connectivity index (χ4v) is 2.96. The van der Waals surface area contributed by atoms with E-state index in [1.807, 2.05) is 0 Å². The monoisotopic (exact) mass is 323 g/mol. The van der Waals surface area contributed by atoms with Crippen LogP contribution < -0.4 is 16.0 Å². The van der Waals surface area contributed by atoms with Crippen LogP contribution in [0.5, 0.6) is 0 Å². The molecule has 118 valence electrons. The summed E-state index contributed by atoms with van der Waals surface area (Å²) < 4.78 is 0. The number of carbonyl (C=O) groups excluding carboxylic acids is 1. The molecule has 0 unspecified atom stereocenters. The van der Waals surface area contributed by atoms with Crippen molar-refractivity contribution in [1.82, 2.24) is 16.0 Å². The Bertz CT molecular complexity index is 336. The second-order valence-electron chi connectivity index (χ2n) is 5.93. The third-order valence-corrected chi connectivity index (χ3v) is 3.93. The van der Waals surface area contributed by atoms with Crippen LogP contribution in [0.2, 0.25) is 0 Å². The average Bonchev–Trinajstić information content (AvgIpc) is 2.26. The normalized spacial score (nSPS) is 12.1. The van der Waals surface area contributed by atoms with Gasteiger partial charge in [-0.25, -0.2) is 4.79 Å². The van der Waals surface area contributed by atoms with Crippen LogP contribution in [-0.2, 0) is 4.79 Å². The van der Waals surface area contributed by atoms with Crippen LogP contribution in [0.4, 0.5) is 4.79 Å². The predicted molar refractivity (Wildman–Crippen MR) is 86.3 cm³/mol. The number of thiol groups is 1. The largest absolute Gasteiger partial charge is 0.465 e. The van der Waals surface area contributed by atoms with Crippen molar-refractivity contribution in [2.75, 3.05) is 25.4 Å². The molecule has 6 nitrogen and oxygen atoms in total. The van der Waals surface area contributed by atoms with Crippen molar-refractivity contribution in [3.05, 3.63) is 0 Å². The summed E-state index contributed by atoms with van der Waals surface area (Å²) in [6, 6.07) is 0. The van der Waals surface area contributed by atoms with Crippen molar-refractivity contribution in [2.45, 2.75) is 33.2 Å². The summed E-state index contributed by atoms with van der Waals surface area (Å²) in [5, 5.41) is 16.8. The molecule has 8 heteroatoms. The minimum atomic E-state index is -1.21. The van der Waals surface area contributed by atoms with Crippen molar-refractivity contribution in [1.29, 1.82) is 0 Å². The van der Waals surface area contributed by atoms with Crippen molar-refractivity contribution in [3.8, 4) is 0 Å². The highest BCUT2D eigenvalue weighted by atomic mass is 33.1. The fraction of sp³-hybridized carbons (Fsp3) is 0.833. The highest BCUT2D eigenvalue weighted by molar-refractivity contribution is 8.68. The van der Waals surface area contributed by atoms with Gasteiger partial charge in [-0.05, 0) is 19.3 Å². The van der Waals surface area contributed by atoms with Crippen LogP contribution in [0.3, 0.4) is 0 Å². The lowest BCUT2D eigenvalue weighted by atomic mass is 9.96. The third-order valence-electron chi connectivity index (χ3n) is 2.63. The number of amides is 2. The molecule has 0 saturated carbocycles. The molecule has 0 aromatic heterocycles. The molecule has 0 aromatic carbocycles. The van der Waals surface area contributed by atoms with Gasteiger partial charge in [0.25, 0.3) is 0 Å². The van der Waals surface area contributed by atoms with Crippen molar-refractivity contribution in [2.24, 2.45) is 5.41 Å². The summed E-state index contributed by atoms with van der Waals surface area (Å²) in [5.74, 6) is 0.595. The van der Waals surface area contributed by atoms with Crippen molar-refractivity contribution < 1.29 is 14.7 Å². The van der Waals surface area contributed by atoms with Gasteiger partial charge in [-0.2, -0.15) is 0 Å². The minimum Gasteiger partial charge on any atom is -0.465 e. The van der Waals surface area contributed by atoms with E-state index < -0.39 is 11.6 Å². The van der Waals surface area contributed by atoms with E-state index in [1.165, 1.54) is 24.6 Å². The summed E-state index contributed by atoms with van der Waals surface area (Å²) in [7, 11) is 1.51. The van der Waals surface area contributed by atoms with Gasteiger partial charge in [-0.15, -0.1) is 11.7 Å². The Hall–Kier alpha value is -0.600. The molecule has 0 aliphatic heterocycles. The Kier molecular flexibility index (Phi) is 8.38. The second-order valence-corrected chi connectivity index (χ2v) is 7.25. The van der Waals surface area contributed by atoms with Gasteiger partial charge in [0.05, 0.1) is 0 Å². The molecule has 0 spiro atoms. The standard InChI is InChI=1S/C12H25N3O3S2/c1-11(2,8-20-19)7-13-5-6-14-9(16)12(3,4)15-10(17)18/h13,15,19H,5-8H2,1-4H3,(H,14,16)(H,17,18). The zero-order valence-electron chi connectivity index (χ0n) is 12.4. The topological polar surface area (TPSA) is 90.5 Å². The smallest absolute Gasteiger partial charge is 0.405 e. The van der Waals surface area contributed by atoms with Gasteiger partial charge in [0.1, 0.15) is 5.54 Å². The van der Waals surface area contributed by atoms with E-state index in [2.05, 4.69) is 41.5 Å². The maximum atomic E-state index is 11.8. The lowest BCUT2D eigenvalue weighted by Crippen LogP contribution is -2.55. The average molecular weight is 323 g/mol. The number of hydrogen-bond donors (Lipinski definition) is 5. The van der Waals surface area contributed by atoms with Gasteiger partial charge in [0.15, 0.2) is 0 Å². The van der Waals surface area contributed by atoms with Gasteiger partial charge in [0, 0.05) is 25.4 Å². The zero-order valence-corrected chi connectivity index (χ0v) is 14.2. The number of carboxylic acid groups (broad SMARTS) is 1. The van der Waals surface area contributed by atoms with E-state index in [0.29, 0.717) is 13.1 Å². The second kappa shape index (κ2) is 8.63. The Morgan fingerprint density at radius 3 is 2.30 bits per heavy atom. The molecule has 0 aliphatic carbocycles. The molecule has 0 rings (SSSR count). The van der Waals surface area contributed by atoms with Gasteiger partial charge in [-0.1, -0.05) is 24.6 Å². The number of nitrogens with one attached hydrogen (secondary N) is 3. The van der Waals surface area contributed by atoms with E-state index in [-0.39, 0.29) is 11.3 Å². The predicted octanol–water partition coefficient (Wildman–Crippen LogP) is 1.34. The zero-order chi connectivity index (χ0) is 15.8. The van der Waals surface area contributed by atoms with Crippen LogP contribution in [0.15, 0.2) is 0 Å². The van der Waals surface area contributed by atoms with E-state index in [1.54, 1.807) is 0 Å². The Morgan fingerprint density at radius 1 is 1.20 bits per heavy atom. The first-order valence-electron chi connectivity index (χ1n) is 6.37. The maximum Gasteiger partial charge on any atom is 0.405 e. The quantitative estimate of drug-likeness (QED) is 0.251. The summed E-state index contributed by atoms with van der Waals surface area (Å²) in [6.07, 6.45) is -1.21. The molecule has 0 saturated heterocycles. The number of rotatable bonds is 9. The first-order chi connectivity index (χ1) is 9.10. The maximum absolute atomic E-state index is 11.8. The van der Waals surface area contributed by atoms with E-state index in [0.717, 1.165) is 12.3 Å². The molecule has 4 N–H and O–H groups in total. The Morgan fingerprint density at radius 2 is 1.80 bits per heavy atom. The molecule has 0 fully saturated rings. The fourth-order valence-electron chi connectivity index (χ4n) is 1.46. The van der Waals surface area contributed by atoms with Crippen LogP contribution >= 0.6 is 22.5 Å². The molecule has 20 heavy (non-hydrogen) atoms. The molecular weight excluding hydrogens is 298 g/mol. The number of hydrogen-bond acceptors (Lipinski definition) is 5. The highest BCUT2D eigenvalue weighted by Crippen LogP contribution is 2.22. The molecule has 0 bridgehead atoms. The minimum absolute atomic E-state index is 0.139.